The largest absolute Gasteiger partial charge is 0.353 e. The van der Waals surface area contributed by atoms with E-state index in [4.69, 9.17) is 11.6 Å². The van der Waals surface area contributed by atoms with Gasteiger partial charge in [-0.1, -0.05) is 54.9 Å². The van der Waals surface area contributed by atoms with Crippen molar-refractivity contribution >= 4 is 23.0 Å². The fraction of sp³-hybridized carbons (Fsp3) is 0.200. The Balaban J connectivity index is 1.68. The molecular formula is C25H24ClF2N. The molecule has 3 rings (SSSR count). The molecule has 0 aliphatic carbocycles. The molecule has 1 N–H and O–H groups in total. The first-order valence-corrected chi connectivity index (χ1v) is 9.99. The predicted molar refractivity (Wildman–Crippen MR) is 118 cm³/mol. The van der Waals surface area contributed by atoms with Crippen molar-refractivity contribution in [3.05, 3.63) is 107 Å². The summed E-state index contributed by atoms with van der Waals surface area (Å²) in [6.07, 6.45) is 4.36. The fourth-order valence-electron chi connectivity index (χ4n) is 3.38. The van der Waals surface area contributed by atoms with E-state index in [-0.39, 0.29) is 16.3 Å². The highest BCUT2D eigenvalue weighted by atomic mass is 35.5. The van der Waals surface area contributed by atoms with Crippen molar-refractivity contribution in [1.29, 1.82) is 0 Å². The minimum Gasteiger partial charge on any atom is -0.353 e. The Bertz CT molecular complexity index is 987. The van der Waals surface area contributed by atoms with Gasteiger partial charge in [0, 0.05) is 11.1 Å². The molecule has 0 heterocycles. The van der Waals surface area contributed by atoms with Gasteiger partial charge in [-0.3, -0.25) is 0 Å². The summed E-state index contributed by atoms with van der Waals surface area (Å²) in [4.78, 5) is 0. The van der Waals surface area contributed by atoms with E-state index in [9.17, 15) is 8.78 Å². The number of hydrogen-bond donors (Lipinski definition) is 1. The smallest absolute Gasteiger partial charge is 0.146 e. The molecule has 0 amide bonds. The summed E-state index contributed by atoms with van der Waals surface area (Å²) in [5.41, 5.74) is 2.97. The Morgan fingerprint density at radius 1 is 1.00 bits per heavy atom. The lowest BCUT2D eigenvalue weighted by atomic mass is 9.78. The second-order valence-electron chi connectivity index (χ2n) is 7.41. The first-order valence-electron chi connectivity index (χ1n) is 9.61. The third-order valence-electron chi connectivity index (χ3n) is 5.27. The number of anilines is 2. The summed E-state index contributed by atoms with van der Waals surface area (Å²) in [6.45, 7) is 6.03. The molecule has 3 aromatic rings. The quantitative estimate of drug-likeness (QED) is 0.372. The number of hydrogen-bond acceptors (Lipinski definition) is 1. The molecule has 29 heavy (non-hydrogen) atoms. The van der Waals surface area contributed by atoms with Crippen molar-refractivity contribution in [3.8, 4) is 0 Å². The highest BCUT2D eigenvalue weighted by Crippen LogP contribution is 2.33. The van der Waals surface area contributed by atoms with E-state index in [2.05, 4.69) is 18.8 Å². The molecule has 3 aromatic carbocycles. The Morgan fingerprint density at radius 3 is 2.41 bits per heavy atom. The second-order valence-corrected chi connectivity index (χ2v) is 7.82. The van der Waals surface area contributed by atoms with Gasteiger partial charge in [-0.15, -0.1) is 6.58 Å². The summed E-state index contributed by atoms with van der Waals surface area (Å²) >= 11 is 5.95. The normalized spacial score (nSPS) is 13.0. The van der Waals surface area contributed by atoms with E-state index >= 15 is 0 Å². The van der Waals surface area contributed by atoms with E-state index in [0.717, 1.165) is 36.1 Å². The lowest BCUT2D eigenvalue weighted by Gasteiger charge is -2.27. The van der Waals surface area contributed by atoms with Crippen LogP contribution in [0.2, 0.25) is 5.02 Å². The van der Waals surface area contributed by atoms with Crippen LogP contribution in [0.25, 0.3) is 0 Å². The number of nitrogens with one attached hydrogen (secondary N) is 1. The molecule has 1 unspecified atom stereocenters. The van der Waals surface area contributed by atoms with Crippen LogP contribution in [0.5, 0.6) is 0 Å². The number of halogens is 3. The maximum atomic E-state index is 14.2. The van der Waals surface area contributed by atoms with Gasteiger partial charge in [-0.05, 0) is 66.8 Å². The molecule has 0 saturated carbocycles. The number of allylic oxidation sites excluding steroid dienone is 1. The Labute approximate surface area is 176 Å². The van der Waals surface area contributed by atoms with Gasteiger partial charge in [-0.2, -0.15) is 0 Å². The van der Waals surface area contributed by atoms with Crippen LogP contribution in [0, 0.1) is 11.6 Å². The minimum atomic E-state index is -0.424. The maximum absolute atomic E-state index is 14.2. The van der Waals surface area contributed by atoms with Gasteiger partial charge in [-0.25, -0.2) is 8.78 Å². The third kappa shape index (κ3) is 5.24. The molecule has 0 saturated heterocycles. The van der Waals surface area contributed by atoms with Crippen LogP contribution in [-0.2, 0) is 11.8 Å². The summed E-state index contributed by atoms with van der Waals surface area (Å²) in [7, 11) is 0. The monoisotopic (exact) mass is 411 g/mol. The standard InChI is InChI=1S/C25H24ClF2N/c1-3-25(2,19-12-14-22(27)21(26)17-19)15-7-8-18-11-13-23(28)24(16-18)29-20-9-5-4-6-10-20/h3-6,9-14,16-17,29H,1,7-8,15H2,2H3. The molecule has 1 nitrogen and oxygen atoms in total. The van der Waals surface area contributed by atoms with Crippen LogP contribution in [-0.4, -0.2) is 0 Å². The van der Waals surface area contributed by atoms with Gasteiger partial charge in [0.05, 0.1) is 10.7 Å². The number of aryl methyl sites for hydroxylation is 1. The SMILES string of the molecule is C=CC(C)(CCCc1ccc(F)c(Nc2ccccc2)c1)c1ccc(F)c(Cl)c1. The summed E-state index contributed by atoms with van der Waals surface area (Å²) in [6, 6.07) is 19.5. The Morgan fingerprint density at radius 2 is 1.72 bits per heavy atom. The number of para-hydroxylation sites is 1. The molecule has 4 heteroatoms. The lowest BCUT2D eigenvalue weighted by molar-refractivity contribution is 0.514. The molecule has 0 bridgehead atoms. The molecular weight excluding hydrogens is 388 g/mol. The topological polar surface area (TPSA) is 12.0 Å². The molecule has 0 fully saturated rings. The molecule has 150 valence electrons. The number of benzene rings is 3. The molecule has 0 spiro atoms. The van der Waals surface area contributed by atoms with Crippen molar-refractivity contribution in [1.82, 2.24) is 0 Å². The van der Waals surface area contributed by atoms with E-state index in [1.54, 1.807) is 12.1 Å². The van der Waals surface area contributed by atoms with Crippen molar-refractivity contribution in [2.75, 3.05) is 5.32 Å². The molecule has 0 aliphatic heterocycles. The van der Waals surface area contributed by atoms with Gasteiger partial charge in [0.15, 0.2) is 0 Å². The Hall–Kier alpha value is -2.65. The third-order valence-corrected chi connectivity index (χ3v) is 5.56. The lowest BCUT2D eigenvalue weighted by Crippen LogP contribution is -2.19. The van der Waals surface area contributed by atoms with Crippen molar-refractivity contribution in [2.24, 2.45) is 0 Å². The summed E-state index contributed by atoms with van der Waals surface area (Å²) in [5.74, 6) is -0.707. The molecule has 1 atom stereocenters. The van der Waals surface area contributed by atoms with Gasteiger partial charge in [0.25, 0.3) is 0 Å². The molecule has 0 radical (unpaired) electrons. The highest BCUT2D eigenvalue weighted by Gasteiger charge is 2.23. The molecule has 0 aliphatic rings. The zero-order chi connectivity index (χ0) is 20.9. The van der Waals surface area contributed by atoms with Crippen molar-refractivity contribution < 1.29 is 8.78 Å². The van der Waals surface area contributed by atoms with E-state index in [1.807, 2.05) is 48.5 Å². The average Bonchev–Trinajstić information content (AvgIpc) is 2.73. The fourth-order valence-corrected chi connectivity index (χ4v) is 3.56. The van der Waals surface area contributed by atoms with Gasteiger partial charge in [0.1, 0.15) is 11.6 Å². The van der Waals surface area contributed by atoms with Crippen LogP contribution in [0.15, 0.2) is 79.4 Å². The van der Waals surface area contributed by atoms with Gasteiger partial charge < -0.3 is 5.32 Å². The second kappa shape index (κ2) is 9.23. The van der Waals surface area contributed by atoms with Crippen LogP contribution < -0.4 is 5.32 Å². The molecule has 0 aromatic heterocycles. The van der Waals surface area contributed by atoms with Crippen molar-refractivity contribution in [2.45, 2.75) is 31.6 Å². The zero-order valence-corrected chi connectivity index (χ0v) is 17.1. The van der Waals surface area contributed by atoms with Crippen LogP contribution in [0.3, 0.4) is 0 Å². The predicted octanol–water partition coefficient (Wildman–Crippen LogP) is 7.83. The number of rotatable bonds is 8. The van der Waals surface area contributed by atoms with E-state index in [1.165, 1.54) is 12.1 Å². The van der Waals surface area contributed by atoms with Crippen LogP contribution in [0.1, 0.15) is 30.9 Å². The van der Waals surface area contributed by atoms with Crippen LogP contribution in [0.4, 0.5) is 20.2 Å². The van der Waals surface area contributed by atoms with E-state index < -0.39 is 5.82 Å². The maximum Gasteiger partial charge on any atom is 0.146 e. The zero-order valence-electron chi connectivity index (χ0n) is 16.4. The highest BCUT2D eigenvalue weighted by molar-refractivity contribution is 6.30. The van der Waals surface area contributed by atoms with E-state index in [0.29, 0.717) is 5.69 Å². The van der Waals surface area contributed by atoms with Gasteiger partial charge in [0.2, 0.25) is 0 Å². The minimum absolute atomic E-state index is 0.116. The van der Waals surface area contributed by atoms with Crippen LogP contribution >= 0.6 is 11.6 Å². The first-order chi connectivity index (χ1) is 13.9. The summed E-state index contributed by atoms with van der Waals surface area (Å²) in [5, 5.41) is 3.24. The van der Waals surface area contributed by atoms with Crippen molar-refractivity contribution in [3.63, 3.8) is 0 Å². The van der Waals surface area contributed by atoms with Gasteiger partial charge >= 0.3 is 0 Å². The Kier molecular flexibility index (Phi) is 6.71. The first kappa shape index (κ1) is 21.1. The average molecular weight is 412 g/mol. The summed E-state index contributed by atoms with van der Waals surface area (Å²) < 4.78 is 27.7.